The molecule has 0 aliphatic heterocycles. The Kier molecular flexibility index (Phi) is 6.85. The molecule has 4 aliphatic carbocycles. The molecule has 0 saturated heterocycles. The lowest BCUT2D eigenvalue weighted by Gasteiger charge is -2.63. The van der Waals surface area contributed by atoms with E-state index in [1.807, 2.05) is 0 Å². The summed E-state index contributed by atoms with van der Waals surface area (Å²) in [4.78, 5) is 0. The van der Waals surface area contributed by atoms with Crippen molar-refractivity contribution in [1.29, 1.82) is 0 Å². The molecule has 12 unspecified atom stereocenters. The highest BCUT2D eigenvalue weighted by Gasteiger charge is 2.65. The number of rotatable bonds is 6. The van der Waals surface area contributed by atoms with E-state index in [0.717, 1.165) is 51.4 Å². The van der Waals surface area contributed by atoms with Crippen LogP contribution in [0.15, 0.2) is 0 Å². The van der Waals surface area contributed by atoms with E-state index in [-0.39, 0.29) is 41.7 Å². The Hall–Kier alpha value is -0.200. The summed E-state index contributed by atoms with van der Waals surface area (Å²) in [7, 11) is 0. The normalized spacial score (nSPS) is 51.5. The molecule has 4 fully saturated rings. The van der Waals surface area contributed by atoms with Gasteiger partial charge in [-0.05, 0) is 111 Å². The maximum Gasteiger partial charge on any atom is 0.0602 e. The van der Waals surface area contributed by atoms with Crippen LogP contribution in [-0.2, 0) is 0 Å². The van der Waals surface area contributed by atoms with E-state index in [9.17, 15) is 20.4 Å². The molecule has 0 amide bonds. The van der Waals surface area contributed by atoms with Crippen LogP contribution >= 0.6 is 0 Å². The van der Waals surface area contributed by atoms with Crippen LogP contribution in [0.25, 0.3) is 0 Å². The van der Waals surface area contributed by atoms with Crippen molar-refractivity contribution in [3.05, 3.63) is 0 Å². The lowest BCUT2D eigenvalue weighted by atomic mass is 9.43. The third kappa shape index (κ3) is 3.90. The Bertz CT molecular complexity index is 627. The van der Waals surface area contributed by atoms with Crippen molar-refractivity contribution in [3.63, 3.8) is 0 Å². The maximum atomic E-state index is 11.6. The van der Waals surface area contributed by atoms with Gasteiger partial charge in [-0.1, -0.05) is 20.8 Å². The second-order valence-electron chi connectivity index (χ2n) is 12.2. The van der Waals surface area contributed by atoms with Gasteiger partial charge in [-0.25, -0.2) is 0 Å². The first kappa shape index (κ1) is 23.9. The molecule has 12 atom stereocenters. The highest BCUT2D eigenvalue weighted by molar-refractivity contribution is 5.14. The van der Waals surface area contributed by atoms with Crippen molar-refractivity contribution in [3.8, 4) is 0 Å². The van der Waals surface area contributed by atoms with Gasteiger partial charge < -0.3 is 25.5 Å². The minimum Gasteiger partial charge on any atom is -0.396 e. The summed E-state index contributed by atoms with van der Waals surface area (Å²) in [6, 6.07) is 0. The second kappa shape index (κ2) is 8.87. The smallest absolute Gasteiger partial charge is 0.0602 e. The first-order valence-corrected chi connectivity index (χ1v) is 13.0. The van der Waals surface area contributed by atoms with Gasteiger partial charge in [0, 0.05) is 6.61 Å². The molecule has 4 aliphatic rings. The van der Waals surface area contributed by atoms with E-state index < -0.39 is 6.10 Å². The Morgan fingerprint density at radius 3 is 2.35 bits per heavy atom. The molecule has 0 bridgehead atoms. The predicted octanol–water partition coefficient (Wildman–Crippen LogP) is 3.11. The number of hydrogen-bond acceptors (Lipinski definition) is 5. The minimum absolute atomic E-state index is 0.0230. The molecular formula is C26H46O5. The topological polar surface area (TPSA) is 101 Å². The summed E-state index contributed by atoms with van der Waals surface area (Å²) < 4.78 is 0. The van der Waals surface area contributed by atoms with Crippen LogP contribution in [0.2, 0.25) is 0 Å². The quantitative estimate of drug-likeness (QED) is 0.439. The first-order chi connectivity index (χ1) is 14.6. The molecule has 4 rings (SSSR count). The highest BCUT2D eigenvalue weighted by Crippen LogP contribution is 2.68. The standard InChI is InChI=1S/C26H46O5/c1-15(4-5-17(28)9-11-27)19-6-7-20-24-21(14-23(31)26(19,20)3)25(2)10-8-18(29)12-16(25)13-22(24)30/h15-24,27-31H,4-14H2,1-3H3. The first-order valence-electron chi connectivity index (χ1n) is 13.0. The molecule has 0 aromatic carbocycles. The molecule has 31 heavy (non-hydrogen) atoms. The molecule has 4 saturated carbocycles. The minimum atomic E-state index is -0.447. The summed E-state index contributed by atoms with van der Waals surface area (Å²) in [5, 5.41) is 52.3. The van der Waals surface area contributed by atoms with Crippen molar-refractivity contribution < 1.29 is 25.5 Å². The molecule has 0 aromatic rings. The third-order valence-corrected chi connectivity index (χ3v) is 10.9. The molecule has 0 aromatic heterocycles. The number of hydrogen-bond donors (Lipinski definition) is 5. The summed E-state index contributed by atoms with van der Waals surface area (Å²) in [6.45, 7) is 6.94. The largest absolute Gasteiger partial charge is 0.396 e. The van der Waals surface area contributed by atoms with Gasteiger partial charge >= 0.3 is 0 Å². The van der Waals surface area contributed by atoms with Gasteiger partial charge in [0.2, 0.25) is 0 Å². The Labute approximate surface area is 188 Å². The van der Waals surface area contributed by atoms with Gasteiger partial charge in [0.25, 0.3) is 0 Å². The number of aliphatic hydroxyl groups is 5. The van der Waals surface area contributed by atoms with Crippen LogP contribution in [0.5, 0.6) is 0 Å². The van der Waals surface area contributed by atoms with Crippen molar-refractivity contribution >= 4 is 0 Å². The fourth-order valence-corrected chi connectivity index (χ4v) is 9.08. The highest BCUT2D eigenvalue weighted by atomic mass is 16.3. The van der Waals surface area contributed by atoms with Crippen molar-refractivity contribution in [2.45, 2.75) is 109 Å². The SMILES string of the molecule is CC(CCC(O)CCO)C1CCC2C3C(O)CC4CC(O)CCC4(C)C3CC(O)C12C. The zero-order valence-electron chi connectivity index (χ0n) is 19.8. The lowest BCUT2D eigenvalue weighted by molar-refractivity contribution is -0.207. The second-order valence-corrected chi connectivity index (χ2v) is 12.2. The average molecular weight is 439 g/mol. The monoisotopic (exact) mass is 438 g/mol. The van der Waals surface area contributed by atoms with Gasteiger partial charge in [-0.3, -0.25) is 0 Å². The van der Waals surface area contributed by atoms with Crippen LogP contribution in [0.1, 0.15) is 85.0 Å². The predicted molar refractivity (Wildman–Crippen MR) is 120 cm³/mol. The van der Waals surface area contributed by atoms with Crippen LogP contribution in [-0.4, -0.2) is 56.6 Å². The molecule has 0 heterocycles. The Morgan fingerprint density at radius 1 is 0.903 bits per heavy atom. The van der Waals surface area contributed by atoms with Gasteiger partial charge in [0.1, 0.15) is 0 Å². The van der Waals surface area contributed by atoms with Gasteiger partial charge in [-0.15, -0.1) is 0 Å². The van der Waals surface area contributed by atoms with E-state index in [2.05, 4.69) is 20.8 Å². The van der Waals surface area contributed by atoms with Gasteiger partial charge in [0.15, 0.2) is 0 Å². The fraction of sp³-hybridized carbons (Fsp3) is 1.00. The summed E-state index contributed by atoms with van der Waals surface area (Å²) in [6.07, 6.45) is 7.06. The lowest BCUT2D eigenvalue weighted by Crippen LogP contribution is -2.62. The summed E-state index contributed by atoms with van der Waals surface area (Å²) >= 11 is 0. The summed E-state index contributed by atoms with van der Waals surface area (Å²) in [5.74, 6) is 2.09. The average Bonchev–Trinajstić information content (AvgIpc) is 3.07. The molecular weight excluding hydrogens is 392 g/mol. The molecule has 180 valence electrons. The Balaban J connectivity index is 1.54. The molecule has 0 spiro atoms. The van der Waals surface area contributed by atoms with E-state index in [1.165, 1.54) is 0 Å². The Morgan fingerprint density at radius 2 is 1.65 bits per heavy atom. The van der Waals surface area contributed by atoms with Crippen molar-refractivity contribution in [1.82, 2.24) is 0 Å². The van der Waals surface area contributed by atoms with Crippen LogP contribution in [0.3, 0.4) is 0 Å². The van der Waals surface area contributed by atoms with Crippen LogP contribution < -0.4 is 0 Å². The van der Waals surface area contributed by atoms with Gasteiger partial charge in [-0.2, -0.15) is 0 Å². The number of aliphatic hydroxyl groups excluding tert-OH is 5. The zero-order chi connectivity index (χ0) is 22.6. The van der Waals surface area contributed by atoms with Crippen LogP contribution in [0.4, 0.5) is 0 Å². The molecule has 5 heteroatoms. The van der Waals surface area contributed by atoms with Gasteiger partial charge in [0.05, 0.1) is 24.4 Å². The van der Waals surface area contributed by atoms with E-state index in [4.69, 9.17) is 5.11 Å². The van der Waals surface area contributed by atoms with E-state index >= 15 is 0 Å². The van der Waals surface area contributed by atoms with E-state index in [1.54, 1.807) is 0 Å². The maximum absolute atomic E-state index is 11.6. The molecule has 5 nitrogen and oxygen atoms in total. The zero-order valence-corrected chi connectivity index (χ0v) is 19.8. The van der Waals surface area contributed by atoms with Crippen molar-refractivity contribution in [2.24, 2.45) is 46.3 Å². The number of fused-ring (bicyclic) bond motifs is 5. The third-order valence-electron chi connectivity index (χ3n) is 10.9. The fourth-order valence-electron chi connectivity index (χ4n) is 9.08. The molecule has 5 N–H and O–H groups in total. The van der Waals surface area contributed by atoms with Crippen LogP contribution in [0, 0.1) is 46.3 Å². The molecule has 0 radical (unpaired) electrons. The summed E-state index contributed by atoms with van der Waals surface area (Å²) in [5.41, 5.74) is -0.0651. The van der Waals surface area contributed by atoms with E-state index in [0.29, 0.717) is 42.4 Å². The van der Waals surface area contributed by atoms with Crippen molar-refractivity contribution in [2.75, 3.05) is 6.61 Å².